The minimum Gasteiger partial charge on any atom is -0.488 e. The number of rotatable bonds is 8. The van der Waals surface area contributed by atoms with Gasteiger partial charge in [0, 0.05) is 55.1 Å². The number of ether oxygens (including phenoxy) is 1. The summed E-state index contributed by atoms with van der Waals surface area (Å²) in [5.41, 5.74) is 2.61. The molecular formula is C30H42N4O4. The van der Waals surface area contributed by atoms with Crippen molar-refractivity contribution < 1.29 is 19.4 Å². The first-order valence-corrected chi connectivity index (χ1v) is 13.9. The van der Waals surface area contributed by atoms with Crippen LogP contribution in [-0.2, 0) is 22.6 Å². The van der Waals surface area contributed by atoms with Crippen LogP contribution in [0.2, 0.25) is 0 Å². The zero-order valence-electron chi connectivity index (χ0n) is 22.9. The molecule has 4 rings (SSSR count). The van der Waals surface area contributed by atoms with Gasteiger partial charge in [-0.05, 0) is 62.7 Å². The molecule has 2 amide bonds. The van der Waals surface area contributed by atoms with E-state index in [1.165, 1.54) is 12.0 Å². The van der Waals surface area contributed by atoms with Crippen molar-refractivity contribution in [3.63, 3.8) is 0 Å². The van der Waals surface area contributed by atoms with E-state index in [-0.39, 0.29) is 48.8 Å². The number of nitrogens with zero attached hydrogens (tertiary/aromatic N) is 3. The highest BCUT2D eigenvalue weighted by Gasteiger charge is 2.31. The molecule has 1 fully saturated rings. The lowest BCUT2D eigenvalue weighted by atomic mass is 9.88. The van der Waals surface area contributed by atoms with Gasteiger partial charge in [-0.15, -0.1) is 0 Å². The van der Waals surface area contributed by atoms with Gasteiger partial charge < -0.3 is 20.1 Å². The van der Waals surface area contributed by atoms with Crippen molar-refractivity contribution in [3.8, 4) is 5.75 Å². The molecule has 1 aliphatic heterocycles. The number of aliphatic hydroxyl groups is 1. The number of aromatic nitrogens is 1. The van der Waals surface area contributed by atoms with Gasteiger partial charge in [0.2, 0.25) is 11.8 Å². The number of hydrogen-bond donors (Lipinski definition) is 2. The van der Waals surface area contributed by atoms with E-state index in [9.17, 15) is 14.7 Å². The Labute approximate surface area is 226 Å². The van der Waals surface area contributed by atoms with Crippen LogP contribution in [0.5, 0.6) is 5.75 Å². The Morgan fingerprint density at radius 2 is 1.95 bits per heavy atom. The highest BCUT2D eigenvalue weighted by molar-refractivity contribution is 5.93. The zero-order valence-corrected chi connectivity index (χ0v) is 22.9. The maximum absolute atomic E-state index is 13.4. The van der Waals surface area contributed by atoms with Gasteiger partial charge in [-0.2, -0.15) is 0 Å². The second-order valence-electron chi connectivity index (χ2n) is 11.1. The van der Waals surface area contributed by atoms with Gasteiger partial charge in [-0.25, -0.2) is 0 Å². The molecule has 0 bridgehead atoms. The summed E-state index contributed by atoms with van der Waals surface area (Å²) in [6.07, 6.45) is 8.81. The van der Waals surface area contributed by atoms with E-state index < -0.39 is 0 Å². The number of likely N-dealkylation sites (N-methyl/N-ethyl adjacent to an activating group) is 1. The molecule has 2 heterocycles. The highest BCUT2D eigenvalue weighted by atomic mass is 16.5. The minimum absolute atomic E-state index is 0.0319. The molecule has 0 saturated heterocycles. The third kappa shape index (κ3) is 7.32. The van der Waals surface area contributed by atoms with Crippen molar-refractivity contribution in [2.75, 3.05) is 32.1 Å². The number of amides is 2. The number of carbonyl (C=O) groups excluding carboxylic acids is 2. The average Bonchev–Trinajstić information content (AvgIpc) is 2.97. The van der Waals surface area contributed by atoms with Crippen LogP contribution in [0.15, 0.2) is 42.7 Å². The first-order valence-electron chi connectivity index (χ1n) is 13.9. The Kier molecular flexibility index (Phi) is 9.74. The maximum atomic E-state index is 13.4. The fraction of sp³-hybridized carbons (Fsp3) is 0.567. The Hall–Kier alpha value is -2.97. The van der Waals surface area contributed by atoms with Crippen LogP contribution in [0.25, 0.3) is 0 Å². The van der Waals surface area contributed by atoms with E-state index in [4.69, 9.17) is 4.74 Å². The van der Waals surface area contributed by atoms with Crippen molar-refractivity contribution >= 4 is 17.5 Å². The van der Waals surface area contributed by atoms with E-state index in [2.05, 4.69) is 29.2 Å². The lowest BCUT2D eigenvalue weighted by Gasteiger charge is -2.34. The average molecular weight is 523 g/mol. The third-order valence-corrected chi connectivity index (χ3v) is 7.85. The molecule has 2 aliphatic rings. The first kappa shape index (κ1) is 28.0. The van der Waals surface area contributed by atoms with Crippen LogP contribution < -0.4 is 10.1 Å². The lowest BCUT2D eigenvalue weighted by molar-refractivity contribution is -0.134. The van der Waals surface area contributed by atoms with Gasteiger partial charge in [0.05, 0.1) is 19.1 Å². The van der Waals surface area contributed by atoms with Crippen LogP contribution in [0.4, 0.5) is 5.69 Å². The number of benzene rings is 1. The van der Waals surface area contributed by atoms with Crippen molar-refractivity contribution in [1.29, 1.82) is 0 Å². The summed E-state index contributed by atoms with van der Waals surface area (Å²) in [7, 11) is 2.06. The number of nitrogens with one attached hydrogen (secondary N) is 1. The molecule has 1 aromatic carbocycles. The standard InChI is InChI=1S/C30H42N4O4/c1-21-17-34(22(2)20-35)29(36)16-25-15-26(32-30(37)24-7-5-4-6-8-24)9-10-27(25)38-28(21)19-33(3)18-23-11-13-31-14-12-23/h9-15,21-22,24,28,35H,4-8,16-20H2,1-3H3,(H,32,37)/t21-,22+,28+/m1/s1. The van der Waals surface area contributed by atoms with E-state index in [0.717, 1.165) is 37.8 Å². The Morgan fingerprint density at radius 1 is 1.21 bits per heavy atom. The molecule has 8 nitrogen and oxygen atoms in total. The molecule has 0 spiro atoms. The summed E-state index contributed by atoms with van der Waals surface area (Å²) in [6.45, 7) is 5.78. The Bertz CT molecular complexity index is 1070. The summed E-state index contributed by atoms with van der Waals surface area (Å²) >= 11 is 0. The lowest BCUT2D eigenvalue weighted by Crippen LogP contribution is -2.47. The Morgan fingerprint density at radius 3 is 2.66 bits per heavy atom. The van der Waals surface area contributed by atoms with Gasteiger partial charge in [0.1, 0.15) is 11.9 Å². The summed E-state index contributed by atoms with van der Waals surface area (Å²) in [6, 6.07) is 9.35. The molecule has 2 N–H and O–H groups in total. The molecule has 38 heavy (non-hydrogen) atoms. The maximum Gasteiger partial charge on any atom is 0.227 e. The van der Waals surface area contributed by atoms with Crippen LogP contribution in [0.1, 0.15) is 57.1 Å². The Balaban J connectivity index is 1.57. The molecular weight excluding hydrogens is 480 g/mol. The topological polar surface area (TPSA) is 95.0 Å². The summed E-state index contributed by atoms with van der Waals surface area (Å²) in [4.78, 5) is 34.4. The summed E-state index contributed by atoms with van der Waals surface area (Å²) in [5.74, 6) is 0.754. The van der Waals surface area contributed by atoms with Crippen molar-refractivity contribution in [2.45, 2.75) is 71.1 Å². The molecule has 3 atom stereocenters. The molecule has 0 radical (unpaired) electrons. The number of hydrogen-bond acceptors (Lipinski definition) is 6. The van der Waals surface area contributed by atoms with E-state index in [1.807, 2.05) is 37.3 Å². The fourth-order valence-electron chi connectivity index (χ4n) is 5.51. The SMILES string of the molecule is C[C@@H]1CN([C@@H](C)CO)C(=O)Cc2cc(NC(=O)C3CCCCC3)ccc2O[C@H]1CN(C)Cc1ccncc1. The van der Waals surface area contributed by atoms with Crippen LogP contribution in [0, 0.1) is 11.8 Å². The van der Waals surface area contributed by atoms with Gasteiger partial charge in [-0.3, -0.25) is 19.5 Å². The first-order chi connectivity index (χ1) is 18.3. The predicted octanol–water partition coefficient (Wildman–Crippen LogP) is 3.88. The van der Waals surface area contributed by atoms with Gasteiger partial charge in [0.25, 0.3) is 0 Å². The van der Waals surface area contributed by atoms with E-state index in [1.54, 1.807) is 17.3 Å². The van der Waals surface area contributed by atoms with Crippen molar-refractivity contribution in [2.24, 2.45) is 11.8 Å². The monoisotopic (exact) mass is 522 g/mol. The van der Waals surface area contributed by atoms with Crippen LogP contribution in [0.3, 0.4) is 0 Å². The summed E-state index contributed by atoms with van der Waals surface area (Å²) in [5, 5.41) is 13.0. The predicted molar refractivity (Wildman–Crippen MR) is 148 cm³/mol. The van der Waals surface area contributed by atoms with E-state index >= 15 is 0 Å². The zero-order chi connectivity index (χ0) is 27.1. The largest absolute Gasteiger partial charge is 0.488 e. The number of pyridine rings is 1. The van der Waals surface area contributed by atoms with Gasteiger partial charge in [-0.1, -0.05) is 26.2 Å². The minimum atomic E-state index is -0.295. The molecule has 1 saturated carbocycles. The summed E-state index contributed by atoms with van der Waals surface area (Å²) < 4.78 is 6.62. The highest BCUT2D eigenvalue weighted by Crippen LogP contribution is 2.30. The normalized spacial score (nSPS) is 21.6. The molecule has 8 heteroatoms. The quantitative estimate of drug-likeness (QED) is 0.546. The van der Waals surface area contributed by atoms with Gasteiger partial charge in [0.15, 0.2) is 0 Å². The van der Waals surface area contributed by atoms with Crippen LogP contribution >= 0.6 is 0 Å². The fourth-order valence-corrected chi connectivity index (χ4v) is 5.51. The third-order valence-electron chi connectivity index (χ3n) is 7.85. The molecule has 2 aromatic rings. The number of fused-ring (bicyclic) bond motifs is 1. The molecule has 206 valence electrons. The number of anilines is 1. The van der Waals surface area contributed by atoms with Crippen LogP contribution in [-0.4, -0.2) is 70.6 Å². The molecule has 0 unspecified atom stereocenters. The molecule has 1 aromatic heterocycles. The van der Waals surface area contributed by atoms with Gasteiger partial charge >= 0.3 is 0 Å². The second-order valence-corrected chi connectivity index (χ2v) is 11.1. The van der Waals surface area contributed by atoms with Crippen molar-refractivity contribution in [1.82, 2.24) is 14.8 Å². The second kappa shape index (κ2) is 13.2. The van der Waals surface area contributed by atoms with E-state index in [0.29, 0.717) is 24.5 Å². The van der Waals surface area contributed by atoms with Crippen molar-refractivity contribution in [3.05, 3.63) is 53.9 Å². The number of carbonyl (C=O) groups is 2. The smallest absolute Gasteiger partial charge is 0.227 e. The number of aliphatic hydroxyl groups excluding tert-OH is 1. The molecule has 1 aliphatic carbocycles.